The summed E-state index contributed by atoms with van der Waals surface area (Å²) < 4.78 is 16.7. The summed E-state index contributed by atoms with van der Waals surface area (Å²) in [7, 11) is 0. The minimum atomic E-state index is -0.759. The van der Waals surface area contributed by atoms with Gasteiger partial charge in [0.2, 0.25) is 0 Å². The first-order valence-electron chi connectivity index (χ1n) is 23.3. The number of carbonyl (C=O) groups excluding carboxylic acids is 3. The molecule has 0 bridgehead atoms. The normalized spacial score (nSPS) is 12.6. The van der Waals surface area contributed by atoms with Gasteiger partial charge in [0.05, 0.1) is 0 Å². The molecule has 0 fully saturated rings. The van der Waals surface area contributed by atoms with E-state index in [9.17, 15) is 14.4 Å². The second-order valence-electron chi connectivity index (χ2n) is 16.8. The average Bonchev–Trinajstić information content (AvgIpc) is 3.14. The summed E-state index contributed by atoms with van der Waals surface area (Å²) in [6, 6.07) is 0. The Morgan fingerprint density at radius 3 is 1.08 bits per heavy atom. The Hall–Kier alpha value is -1.59. The lowest BCUT2D eigenvalue weighted by Crippen LogP contribution is -2.30. The Morgan fingerprint density at radius 1 is 0.396 bits per heavy atom. The van der Waals surface area contributed by atoms with Crippen LogP contribution in [0, 0.1) is 11.8 Å². The quantitative estimate of drug-likeness (QED) is 0.0352. The van der Waals surface area contributed by atoms with Gasteiger partial charge >= 0.3 is 17.9 Å². The molecule has 0 N–H and O–H groups in total. The first kappa shape index (κ1) is 51.4. The van der Waals surface area contributed by atoms with Gasteiger partial charge in [-0.15, -0.1) is 0 Å². The maximum absolute atomic E-state index is 12.6. The third kappa shape index (κ3) is 39.9. The van der Waals surface area contributed by atoms with Crippen LogP contribution in [0.4, 0.5) is 0 Å². The number of hydrogen-bond donors (Lipinski definition) is 0. The first-order valence-corrected chi connectivity index (χ1v) is 23.3. The molecule has 2 atom stereocenters. The zero-order chi connectivity index (χ0) is 39.0. The maximum Gasteiger partial charge on any atom is 0.306 e. The molecule has 0 aromatic carbocycles. The first-order chi connectivity index (χ1) is 25.8. The van der Waals surface area contributed by atoms with Crippen LogP contribution in [-0.2, 0) is 28.6 Å². The molecule has 0 amide bonds. The summed E-state index contributed by atoms with van der Waals surface area (Å²) in [6.45, 7) is 11.3. The van der Waals surface area contributed by atoms with Crippen molar-refractivity contribution in [3.05, 3.63) is 0 Å². The number of hydrogen-bond acceptors (Lipinski definition) is 6. The molecule has 53 heavy (non-hydrogen) atoms. The molecule has 1 unspecified atom stereocenters. The lowest BCUT2D eigenvalue weighted by Gasteiger charge is -2.18. The predicted molar refractivity (Wildman–Crippen MR) is 224 cm³/mol. The molecule has 0 heterocycles. The highest BCUT2D eigenvalue weighted by Gasteiger charge is 2.19. The SMILES string of the molecule is CCCCCCCCCC(=O)O[C@H](COC(=O)CCCCCCCCCCCCCC(C)C)COC(=O)CCCCCCCCCCCCC(C)CC. The molecular formula is C47H90O6. The monoisotopic (exact) mass is 751 g/mol. The molecule has 6 nitrogen and oxygen atoms in total. The summed E-state index contributed by atoms with van der Waals surface area (Å²) in [5.41, 5.74) is 0. The van der Waals surface area contributed by atoms with E-state index in [2.05, 4.69) is 34.6 Å². The molecule has 0 aliphatic rings. The average molecular weight is 751 g/mol. The smallest absolute Gasteiger partial charge is 0.306 e. The van der Waals surface area contributed by atoms with Crippen molar-refractivity contribution >= 4 is 17.9 Å². The van der Waals surface area contributed by atoms with E-state index in [1.54, 1.807) is 0 Å². The van der Waals surface area contributed by atoms with Gasteiger partial charge in [-0.2, -0.15) is 0 Å². The van der Waals surface area contributed by atoms with E-state index in [0.29, 0.717) is 19.3 Å². The summed E-state index contributed by atoms with van der Waals surface area (Å²) in [6.07, 6.45) is 38.0. The minimum absolute atomic E-state index is 0.0653. The number of esters is 3. The van der Waals surface area contributed by atoms with Crippen molar-refractivity contribution in [3.8, 4) is 0 Å². The van der Waals surface area contributed by atoms with Gasteiger partial charge in [0.15, 0.2) is 6.10 Å². The van der Waals surface area contributed by atoms with Crippen molar-refractivity contribution in [3.63, 3.8) is 0 Å². The van der Waals surface area contributed by atoms with E-state index in [1.165, 1.54) is 141 Å². The van der Waals surface area contributed by atoms with Crippen molar-refractivity contribution < 1.29 is 28.6 Å². The Balaban J connectivity index is 4.24. The Morgan fingerprint density at radius 2 is 0.717 bits per heavy atom. The van der Waals surface area contributed by atoms with Crippen LogP contribution in [-0.4, -0.2) is 37.2 Å². The fraction of sp³-hybridized carbons (Fsp3) is 0.936. The van der Waals surface area contributed by atoms with Crippen LogP contribution in [0.15, 0.2) is 0 Å². The van der Waals surface area contributed by atoms with Crippen LogP contribution >= 0.6 is 0 Å². The fourth-order valence-electron chi connectivity index (χ4n) is 6.90. The van der Waals surface area contributed by atoms with Crippen molar-refractivity contribution in [2.75, 3.05) is 13.2 Å². The Bertz CT molecular complexity index is 811. The van der Waals surface area contributed by atoms with Crippen LogP contribution in [0.25, 0.3) is 0 Å². The van der Waals surface area contributed by atoms with E-state index in [-0.39, 0.29) is 31.1 Å². The van der Waals surface area contributed by atoms with E-state index in [4.69, 9.17) is 14.2 Å². The molecule has 0 saturated carbocycles. The van der Waals surface area contributed by atoms with Gasteiger partial charge in [-0.25, -0.2) is 0 Å². The Labute approximate surface area is 329 Å². The molecule has 6 heteroatoms. The van der Waals surface area contributed by atoms with Crippen LogP contribution in [0.3, 0.4) is 0 Å². The summed E-state index contributed by atoms with van der Waals surface area (Å²) in [5, 5.41) is 0. The topological polar surface area (TPSA) is 78.9 Å². The summed E-state index contributed by atoms with van der Waals surface area (Å²) in [4.78, 5) is 37.6. The second kappa shape index (κ2) is 40.1. The number of unbranched alkanes of at least 4 members (excludes halogenated alkanes) is 25. The van der Waals surface area contributed by atoms with Crippen molar-refractivity contribution in [1.29, 1.82) is 0 Å². The van der Waals surface area contributed by atoms with Crippen molar-refractivity contribution in [2.24, 2.45) is 11.8 Å². The minimum Gasteiger partial charge on any atom is -0.462 e. The molecule has 0 radical (unpaired) electrons. The molecule has 0 saturated heterocycles. The fourth-order valence-corrected chi connectivity index (χ4v) is 6.90. The molecule has 0 spiro atoms. The largest absolute Gasteiger partial charge is 0.462 e. The van der Waals surface area contributed by atoms with Crippen LogP contribution in [0.5, 0.6) is 0 Å². The van der Waals surface area contributed by atoms with E-state index >= 15 is 0 Å². The number of rotatable bonds is 41. The van der Waals surface area contributed by atoms with Gasteiger partial charge in [0.25, 0.3) is 0 Å². The predicted octanol–water partition coefficient (Wildman–Crippen LogP) is 14.6. The zero-order valence-corrected chi connectivity index (χ0v) is 36.1. The van der Waals surface area contributed by atoms with E-state index < -0.39 is 6.10 Å². The third-order valence-electron chi connectivity index (χ3n) is 10.8. The van der Waals surface area contributed by atoms with Gasteiger partial charge in [-0.05, 0) is 31.1 Å². The summed E-state index contributed by atoms with van der Waals surface area (Å²) in [5.74, 6) is 0.834. The zero-order valence-electron chi connectivity index (χ0n) is 36.1. The highest BCUT2D eigenvalue weighted by molar-refractivity contribution is 5.71. The molecule has 0 aliphatic heterocycles. The molecule has 314 valence electrons. The molecular weight excluding hydrogens is 661 g/mol. The Kier molecular flexibility index (Phi) is 38.9. The molecule has 0 aromatic rings. The molecule has 0 aromatic heterocycles. The van der Waals surface area contributed by atoms with Crippen LogP contribution < -0.4 is 0 Å². The van der Waals surface area contributed by atoms with Gasteiger partial charge in [-0.3, -0.25) is 14.4 Å². The highest BCUT2D eigenvalue weighted by atomic mass is 16.6. The van der Waals surface area contributed by atoms with Gasteiger partial charge in [-0.1, -0.05) is 214 Å². The maximum atomic E-state index is 12.6. The second-order valence-corrected chi connectivity index (χ2v) is 16.8. The lowest BCUT2D eigenvalue weighted by molar-refractivity contribution is -0.167. The molecule has 0 rings (SSSR count). The van der Waals surface area contributed by atoms with E-state index in [0.717, 1.165) is 69.6 Å². The third-order valence-corrected chi connectivity index (χ3v) is 10.8. The summed E-state index contributed by atoms with van der Waals surface area (Å²) >= 11 is 0. The molecule has 0 aliphatic carbocycles. The number of carbonyl (C=O) groups is 3. The highest BCUT2D eigenvalue weighted by Crippen LogP contribution is 2.17. The van der Waals surface area contributed by atoms with Gasteiger partial charge in [0.1, 0.15) is 13.2 Å². The number of ether oxygens (including phenoxy) is 3. The van der Waals surface area contributed by atoms with Gasteiger partial charge in [0, 0.05) is 19.3 Å². The van der Waals surface area contributed by atoms with E-state index in [1.807, 2.05) is 0 Å². The standard InChI is InChI=1S/C47H90O6/c1-6-8-9-10-20-29-34-39-47(50)53-44(40-51-45(48)37-32-27-23-18-13-11-12-16-21-25-30-35-42(3)4)41-52-46(49)38-33-28-24-19-15-14-17-22-26-31-36-43(5)7-2/h42-44H,6-41H2,1-5H3/t43?,44-/m1/s1. The van der Waals surface area contributed by atoms with Crippen molar-refractivity contribution in [1.82, 2.24) is 0 Å². The van der Waals surface area contributed by atoms with Crippen LogP contribution in [0.2, 0.25) is 0 Å². The van der Waals surface area contributed by atoms with Gasteiger partial charge < -0.3 is 14.2 Å². The van der Waals surface area contributed by atoms with Crippen LogP contribution in [0.1, 0.15) is 253 Å². The van der Waals surface area contributed by atoms with Crippen molar-refractivity contribution in [2.45, 2.75) is 259 Å². The lowest BCUT2D eigenvalue weighted by atomic mass is 9.99.